The topological polar surface area (TPSA) is 57.5 Å². The van der Waals surface area contributed by atoms with Crippen LogP contribution in [0.2, 0.25) is 0 Å². The third kappa shape index (κ3) is 5.19. The number of amides is 1. The summed E-state index contributed by atoms with van der Waals surface area (Å²) < 4.78 is 5.65. The Bertz CT molecular complexity index is 676. The first-order valence-corrected chi connectivity index (χ1v) is 9.49. The highest BCUT2D eigenvalue weighted by molar-refractivity contribution is 5.91. The molecule has 0 aliphatic carbocycles. The van der Waals surface area contributed by atoms with Gasteiger partial charge in [0, 0.05) is 24.7 Å². The molecule has 2 heterocycles. The molecule has 0 spiro atoms. The van der Waals surface area contributed by atoms with Gasteiger partial charge in [0.2, 0.25) is 5.91 Å². The molecule has 140 valence electrons. The normalized spacial score (nSPS) is 17.2. The Morgan fingerprint density at radius 1 is 1.19 bits per heavy atom. The van der Waals surface area contributed by atoms with Crippen LogP contribution < -0.4 is 10.6 Å². The number of nitrogens with one attached hydrogen (secondary N) is 2. The quantitative estimate of drug-likeness (QED) is 0.757. The van der Waals surface area contributed by atoms with Crippen LogP contribution in [-0.4, -0.2) is 36.5 Å². The molecule has 0 saturated carbocycles. The standard InChI is InChI=1S/C21H29N3O2/c1-16-7-9-18(10-8-16)23-21(25)14-17(2)22-15-19(20-6-5-13-26-20)24-11-3-4-12-24/h5-10,13,17,19,22H,3-4,11-12,14-15H2,1-2H3,(H,23,25)/t17-,19+/m1/s1. The lowest BCUT2D eigenvalue weighted by Gasteiger charge is -2.27. The average molecular weight is 355 g/mol. The predicted molar refractivity (Wildman–Crippen MR) is 104 cm³/mol. The van der Waals surface area contributed by atoms with E-state index < -0.39 is 0 Å². The van der Waals surface area contributed by atoms with E-state index in [4.69, 9.17) is 4.42 Å². The lowest BCUT2D eigenvalue weighted by molar-refractivity contribution is -0.116. The van der Waals surface area contributed by atoms with Crippen LogP contribution in [-0.2, 0) is 4.79 Å². The van der Waals surface area contributed by atoms with Gasteiger partial charge in [0.15, 0.2) is 0 Å². The van der Waals surface area contributed by atoms with Gasteiger partial charge in [-0.25, -0.2) is 0 Å². The zero-order valence-corrected chi connectivity index (χ0v) is 15.7. The summed E-state index contributed by atoms with van der Waals surface area (Å²) in [4.78, 5) is 14.7. The Labute approximate surface area is 155 Å². The fourth-order valence-corrected chi connectivity index (χ4v) is 3.46. The van der Waals surface area contributed by atoms with E-state index in [0.29, 0.717) is 6.42 Å². The Balaban J connectivity index is 1.49. The smallest absolute Gasteiger partial charge is 0.225 e. The summed E-state index contributed by atoms with van der Waals surface area (Å²) in [6, 6.07) is 12.2. The van der Waals surface area contributed by atoms with Crippen molar-refractivity contribution >= 4 is 11.6 Å². The molecule has 5 nitrogen and oxygen atoms in total. The lowest BCUT2D eigenvalue weighted by atomic mass is 10.1. The van der Waals surface area contributed by atoms with Crippen molar-refractivity contribution in [3.63, 3.8) is 0 Å². The molecule has 0 radical (unpaired) electrons. The Morgan fingerprint density at radius 3 is 2.58 bits per heavy atom. The summed E-state index contributed by atoms with van der Waals surface area (Å²) in [5, 5.41) is 6.47. The summed E-state index contributed by atoms with van der Waals surface area (Å²) in [6.07, 6.45) is 4.66. The number of hydrogen-bond acceptors (Lipinski definition) is 4. The van der Waals surface area contributed by atoms with Gasteiger partial charge in [-0.3, -0.25) is 9.69 Å². The highest BCUT2D eigenvalue weighted by Gasteiger charge is 2.25. The van der Waals surface area contributed by atoms with Crippen molar-refractivity contribution in [2.75, 3.05) is 25.0 Å². The third-order valence-electron chi connectivity index (χ3n) is 4.94. The minimum absolute atomic E-state index is 0.0320. The second kappa shape index (κ2) is 9.01. The first-order chi connectivity index (χ1) is 12.6. The molecule has 0 unspecified atom stereocenters. The molecule has 1 amide bonds. The number of carbonyl (C=O) groups excluding carboxylic acids is 1. The second-order valence-electron chi connectivity index (χ2n) is 7.20. The van der Waals surface area contributed by atoms with Crippen LogP contribution in [0, 0.1) is 6.92 Å². The summed E-state index contributed by atoms with van der Waals surface area (Å²) in [7, 11) is 0. The van der Waals surface area contributed by atoms with Crippen LogP contribution in [0.3, 0.4) is 0 Å². The molecule has 3 rings (SSSR count). The van der Waals surface area contributed by atoms with E-state index in [-0.39, 0.29) is 18.0 Å². The lowest BCUT2D eigenvalue weighted by Crippen LogP contribution is -2.39. The number of rotatable bonds is 8. The molecule has 1 saturated heterocycles. The van der Waals surface area contributed by atoms with Crippen molar-refractivity contribution in [1.29, 1.82) is 0 Å². The van der Waals surface area contributed by atoms with Gasteiger partial charge in [0.1, 0.15) is 5.76 Å². The van der Waals surface area contributed by atoms with Crippen molar-refractivity contribution in [1.82, 2.24) is 10.2 Å². The number of carbonyl (C=O) groups is 1. The number of benzene rings is 1. The second-order valence-corrected chi connectivity index (χ2v) is 7.20. The van der Waals surface area contributed by atoms with Crippen LogP contribution in [0.25, 0.3) is 0 Å². The first-order valence-electron chi connectivity index (χ1n) is 9.49. The van der Waals surface area contributed by atoms with Crippen molar-refractivity contribution in [3.05, 3.63) is 54.0 Å². The molecule has 0 bridgehead atoms. The molecule has 26 heavy (non-hydrogen) atoms. The van der Waals surface area contributed by atoms with Crippen molar-refractivity contribution in [2.24, 2.45) is 0 Å². The number of anilines is 1. The molecule has 1 aliphatic rings. The number of nitrogens with zero attached hydrogens (tertiary/aromatic N) is 1. The average Bonchev–Trinajstić information content (AvgIpc) is 3.31. The fourth-order valence-electron chi connectivity index (χ4n) is 3.46. The third-order valence-corrected chi connectivity index (χ3v) is 4.94. The molecular formula is C21H29N3O2. The van der Waals surface area contributed by atoms with Crippen LogP contribution in [0.15, 0.2) is 47.1 Å². The maximum absolute atomic E-state index is 12.3. The number of furan rings is 1. The van der Waals surface area contributed by atoms with Gasteiger partial charge in [0.25, 0.3) is 0 Å². The Kier molecular flexibility index (Phi) is 6.47. The van der Waals surface area contributed by atoms with E-state index in [9.17, 15) is 4.79 Å². The summed E-state index contributed by atoms with van der Waals surface area (Å²) >= 11 is 0. The molecule has 1 fully saturated rings. The molecule has 1 aromatic heterocycles. The van der Waals surface area contributed by atoms with Gasteiger partial charge < -0.3 is 15.1 Å². The number of likely N-dealkylation sites (tertiary alicyclic amines) is 1. The van der Waals surface area contributed by atoms with Crippen LogP contribution in [0.5, 0.6) is 0 Å². The van der Waals surface area contributed by atoms with Gasteiger partial charge in [-0.2, -0.15) is 0 Å². The molecule has 5 heteroatoms. The summed E-state index contributed by atoms with van der Waals surface area (Å²) in [6.45, 7) is 7.09. The maximum Gasteiger partial charge on any atom is 0.225 e. The Hall–Kier alpha value is -2.11. The largest absolute Gasteiger partial charge is 0.468 e. The van der Waals surface area contributed by atoms with E-state index in [1.165, 1.54) is 18.4 Å². The maximum atomic E-state index is 12.3. The van der Waals surface area contributed by atoms with Crippen molar-refractivity contribution < 1.29 is 9.21 Å². The van der Waals surface area contributed by atoms with Crippen LogP contribution >= 0.6 is 0 Å². The monoisotopic (exact) mass is 355 g/mol. The Morgan fingerprint density at radius 2 is 1.92 bits per heavy atom. The highest BCUT2D eigenvalue weighted by Crippen LogP contribution is 2.25. The van der Waals surface area contributed by atoms with Gasteiger partial charge in [-0.05, 0) is 64.0 Å². The van der Waals surface area contributed by atoms with E-state index in [2.05, 4.69) is 22.5 Å². The molecule has 1 aliphatic heterocycles. The molecule has 2 N–H and O–H groups in total. The minimum Gasteiger partial charge on any atom is -0.468 e. The minimum atomic E-state index is 0.0320. The van der Waals surface area contributed by atoms with Gasteiger partial charge >= 0.3 is 0 Å². The molecule has 1 aromatic carbocycles. The van der Waals surface area contributed by atoms with Crippen LogP contribution in [0.1, 0.15) is 43.6 Å². The molecule has 2 aromatic rings. The predicted octanol–water partition coefficient (Wildman–Crippen LogP) is 3.73. The number of aryl methyl sites for hydroxylation is 1. The highest BCUT2D eigenvalue weighted by atomic mass is 16.3. The van der Waals surface area contributed by atoms with Crippen molar-refractivity contribution in [3.8, 4) is 0 Å². The van der Waals surface area contributed by atoms with Gasteiger partial charge in [0.05, 0.1) is 12.3 Å². The zero-order chi connectivity index (χ0) is 18.4. The van der Waals surface area contributed by atoms with Crippen molar-refractivity contribution in [2.45, 2.75) is 45.2 Å². The van der Waals surface area contributed by atoms with E-state index >= 15 is 0 Å². The van der Waals surface area contributed by atoms with Gasteiger partial charge in [-0.15, -0.1) is 0 Å². The van der Waals surface area contributed by atoms with Gasteiger partial charge in [-0.1, -0.05) is 17.7 Å². The van der Waals surface area contributed by atoms with Crippen LogP contribution in [0.4, 0.5) is 5.69 Å². The molecular weight excluding hydrogens is 326 g/mol. The summed E-state index contributed by atoms with van der Waals surface area (Å²) in [5.41, 5.74) is 2.03. The fraction of sp³-hybridized carbons (Fsp3) is 0.476. The number of hydrogen-bond donors (Lipinski definition) is 2. The first kappa shape index (κ1) is 18.7. The van der Waals surface area contributed by atoms with E-state index in [1.807, 2.05) is 43.3 Å². The molecule has 2 atom stereocenters. The summed E-state index contributed by atoms with van der Waals surface area (Å²) in [5.74, 6) is 1.03. The van der Waals surface area contributed by atoms with E-state index in [1.54, 1.807) is 6.26 Å². The zero-order valence-electron chi connectivity index (χ0n) is 15.7. The SMILES string of the molecule is Cc1ccc(NC(=O)C[C@@H](C)NC[C@@H](c2ccco2)N2CCCC2)cc1. The van der Waals surface area contributed by atoms with E-state index in [0.717, 1.165) is 31.1 Å².